The van der Waals surface area contributed by atoms with Gasteiger partial charge in [0.05, 0.1) is 31.8 Å². The van der Waals surface area contributed by atoms with Crippen molar-refractivity contribution < 1.29 is 19.0 Å². The molecule has 0 amide bonds. The van der Waals surface area contributed by atoms with Crippen LogP contribution in [0.2, 0.25) is 0 Å². The SMILES string of the molecule is COC1=CC(=O)OC2C1CO[C@H](C)[C@H]2C. The first kappa shape index (κ1) is 10.5. The Kier molecular flexibility index (Phi) is 2.69. The van der Waals surface area contributed by atoms with Crippen molar-refractivity contribution in [2.24, 2.45) is 11.8 Å². The second kappa shape index (κ2) is 3.85. The normalized spacial score (nSPS) is 40.2. The summed E-state index contributed by atoms with van der Waals surface area (Å²) in [6, 6.07) is 0. The summed E-state index contributed by atoms with van der Waals surface area (Å²) in [5.41, 5.74) is 0. The molecule has 4 nitrogen and oxygen atoms in total. The molecule has 0 saturated carbocycles. The second-order valence-electron chi connectivity index (χ2n) is 4.16. The molecule has 0 spiro atoms. The molecule has 2 aliphatic rings. The number of hydrogen-bond donors (Lipinski definition) is 0. The van der Waals surface area contributed by atoms with Crippen LogP contribution in [0.5, 0.6) is 0 Å². The van der Waals surface area contributed by atoms with Gasteiger partial charge in [-0.3, -0.25) is 0 Å². The largest absolute Gasteiger partial charge is 0.500 e. The van der Waals surface area contributed by atoms with Crippen molar-refractivity contribution in [1.29, 1.82) is 0 Å². The van der Waals surface area contributed by atoms with E-state index in [9.17, 15) is 4.79 Å². The van der Waals surface area contributed by atoms with E-state index in [1.807, 2.05) is 13.8 Å². The monoisotopic (exact) mass is 212 g/mol. The summed E-state index contributed by atoms with van der Waals surface area (Å²) in [4.78, 5) is 11.3. The Bertz CT molecular complexity index is 297. The molecular formula is C11H16O4. The maximum Gasteiger partial charge on any atom is 0.334 e. The Morgan fingerprint density at radius 3 is 2.87 bits per heavy atom. The van der Waals surface area contributed by atoms with E-state index < -0.39 is 0 Å². The molecule has 0 radical (unpaired) electrons. The van der Waals surface area contributed by atoms with Crippen LogP contribution in [0.1, 0.15) is 13.8 Å². The molecule has 1 fully saturated rings. The molecule has 1 saturated heterocycles. The van der Waals surface area contributed by atoms with E-state index in [0.717, 1.165) is 0 Å². The van der Waals surface area contributed by atoms with E-state index >= 15 is 0 Å². The predicted molar refractivity (Wildman–Crippen MR) is 53.0 cm³/mol. The van der Waals surface area contributed by atoms with E-state index in [1.165, 1.54) is 6.08 Å². The van der Waals surface area contributed by atoms with E-state index in [1.54, 1.807) is 7.11 Å². The average molecular weight is 212 g/mol. The van der Waals surface area contributed by atoms with Crippen LogP contribution in [0.25, 0.3) is 0 Å². The standard InChI is InChI=1S/C11H16O4/c1-6-7(2)14-5-8-9(13-3)4-10(12)15-11(6)8/h4,6-8,11H,5H2,1-3H3/t6-,7-,8?,11?/m1/s1. The number of hydrogen-bond acceptors (Lipinski definition) is 4. The fourth-order valence-electron chi connectivity index (χ4n) is 2.17. The van der Waals surface area contributed by atoms with Gasteiger partial charge in [-0.1, -0.05) is 6.92 Å². The Hall–Kier alpha value is -1.03. The summed E-state index contributed by atoms with van der Waals surface area (Å²) in [5, 5.41) is 0. The molecule has 2 heterocycles. The van der Waals surface area contributed by atoms with E-state index in [2.05, 4.69) is 0 Å². The Morgan fingerprint density at radius 1 is 1.47 bits per heavy atom. The molecule has 0 aliphatic carbocycles. The molecule has 84 valence electrons. The molecule has 0 N–H and O–H groups in total. The molecule has 0 bridgehead atoms. The molecule has 2 aliphatic heterocycles. The van der Waals surface area contributed by atoms with Crippen molar-refractivity contribution in [2.45, 2.75) is 26.1 Å². The zero-order valence-electron chi connectivity index (χ0n) is 9.23. The Morgan fingerprint density at radius 2 is 2.20 bits per heavy atom. The first-order chi connectivity index (χ1) is 7.13. The molecule has 0 aromatic heterocycles. The van der Waals surface area contributed by atoms with Crippen LogP contribution in [0.15, 0.2) is 11.8 Å². The highest BCUT2D eigenvalue weighted by Crippen LogP contribution is 2.35. The van der Waals surface area contributed by atoms with Gasteiger partial charge in [0.2, 0.25) is 0 Å². The van der Waals surface area contributed by atoms with Crippen molar-refractivity contribution in [2.75, 3.05) is 13.7 Å². The maximum absolute atomic E-state index is 11.3. The minimum Gasteiger partial charge on any atom is -0.500 e. The highest BCUT2D eigenvalue weighted by atomic mass is 16.6. The van der Waals surface area contributed by atoms with Crippen molar-refractivity contribution in [3.63, 3.8) is 0 Å². The summed E-state index contributed by atoms with van der Waals surface area (Å²) >= 11 is 0. The molecule has 4 atom stereocenters. The van der Waals surface area contributed by atoms with Crippen LogP contribution in [0.3, 0.4) is 0 Å². The van der Waals surface area contributed by atoms with E-state index in [4.69, 9.17) is 14.2 Å². The van der Waals surface area contributed by atoms with Gasteiger partial charge in [-0.2, -0.15) is 0 Å². The van der Waals surface area contributed by atoms with Gasteiger partial charge in [0.1, 0.15) is 11.9 Å². The number of carbonyl (C=O) groups excluding carboxylic acids is 1. The molecule has 2 rings (SSSR count). The van der Waals surface area contributed by atoms with Gasteiger partial charge in [0, 0.05) is 5.92 Å². The zero-order chi connectivity index (χ0) is 11.0. The van der Waals surface area contributed by atoms with Crippen LogP contribution in [0.4, 0.5) is 0 Å². The van der Waals surface area contributed by atoms with Gasteiger partial charge in [0.25, 0.3) is 0 Å². The summed E-state index contributed by atoms with van der Waals surface area (Å²) < 4.78 is 16.1. The third-order valence-corrected chi connectivity index (χ3v) is 3.31. The predicted octanol–water partition coefficient (Wildman–Crippen LogP) is 1.11. The molecule has 4 heteroatoms. The third-order valence-electron chi connectivity index (χ3n) is 3.31. The third kappa shape index (κ3) is 1.74. The summed E-state index contributed by atoms with van der Waals surface area (Å²) in [6.07, 6.45) is 1.42. The fourth-order valence-corrected chi connectivity index (χ4v) is 2.17. The first-order valence-corrected chi connectivity index (χ1v) is 5.21. The number of fused-ring (bicyclic) bond motifs is 1. The van der Waals surface area contributed by atoms with Crippen molar-refractivity contribution in [3.05, 3.63) is 11.8 Å². The molecule has 2 unspecified atom stereocenters. The number of carbonyl (C=O) groups is 1. The van der Waals surface area contributed by atoms with Crippen LogP contribution >= 0.6 is 0 Å². The quantitative estimate of drug-likeness (QED) is 0.611. The lowest BCUT2D eigenvalue weighted by Crippen LogP contribution is -2.48. The molecule has 0 aromatic carbocycles. The highest BCUT2D eigenvalue weighted by molar-refractivity contribution is 5.83. The van der Waals surface area contributed by atoms with Gasteiger partial charge < -0.3 is 14.2 Å². The topological polar surface area (TPSA) is 44.8 Å². The Labute approximate surface area is 89.2 Å². The van der Waals surface area contributed by atoms with Crippen molar-refractivity contribution in [1.82, 2.24) is 0 Å². The minimum atomic E-state index is -0.311. The maximum atomic E-state index is 11.3. The lowest BCUT2D eigenvalue weighted by Gasteiger charge is -2.41. The van der Waals surface area contributed by atoms with E-state index in [-0.39, 0.29) is 30.0 Å². The highest BCUT2D eigenvalue weighted by Gasteiger charge is 2.43. The zero-order valence-corrected chi connectivity index (χ0v) is 9.23. The van der Waals surface area contributed by atoms with Crippen LogP contribution in [-0.4, -0.2) is 31.9 Å². The Balaban J connectivity index is 2.24. The van der Waals surface area contributed by atoms with Crippen LogP contribution < -0.4 is 0 Å². The summed E-state index contributed by atoms with van der Waals surface area (Å²) in [6.45, 7) is 4.59. The lowest BCUT2D eigenvalue weighted by molar-refractivity contribution is -0.172. The molecule has 0 aromatic rings. The summed E-state index contributed by atoms with van der Waals surface area (Å²) in [7, 11) is 1.57. The number of rotatable bonds is 1. The van der Waals surface area contributed by atoms with E-state index in [0.29, 0.717) is 12.4 Å². The number of methoxy groups -OCH3 is 1. The molecule has 15 heavy (non-hydrogen) atoms. The van der Waals surface area contributed by atoms with Gasteiger partial charge in [0.15, 0.2) is 0 Å². The fraction of sp³-hybridized carbons (Fsp3) is 0.727. The van der Waals surface area contributed by atoms with Crippen LogP contribution in [0, 0.1) is 11.8 Å². The van der Waals surface area contributed by atoms with Gasteiger partial charge in [-0.05, 0) is 6.92 Å². The smallest absolute Gasteiger partial charge is 0.334 e. The van der Waals surface area contributed by atoms with Gasteiger partial charge in [-0.15, -0.1) is 0 Å². The lowest BCUT2D eigenvalue weighted by atomic mass is 9.84. The number of ether oxygens (including phenoxy) is 3. The second-order valence-corrected chi connectivity index (χ2v) is 4.16. The molecular weight excluding hydrogens is 196 g/mol. The summed E-state index contributed by atoms with van der Waals surface area (Å²) in [5.74, 6) is 0.620. The number of esters is 1. The van der Waals surface area contributed by atoms with Crippen molar-refractivity contribution >= 4 is 5.97 Å². The average Bonchev–Trinajstić information content (AvgIpc) is 2.23. The first-order valence-electron chi connectivity index (χ1n) is 5.21. The van der Waals surface area contributed by atoms with Crippen molar-refractivity contribution in [3.8, 4) is 0 Å². The van der Waals surface area contributed by atoms with Gasteiger partial charge >= 0.3 is 5.97 Å². The minimum absolute atomic E-state index is 0.0545. The van der Waals surface area contributed by atoms with Crippen LogP contribution in [-0.2, 0) is 19.0 Å². The van der Waals surface area contributed by atoms with Gasteiger partial charge in [-0.25, -0.2) is 4.79 Å².